The smallest absolute Gasteiger partial charge is 0.129 e. The number of hydrogen-bond donors (Lipinski definition) is 1. The molecule has 0 bridgehead atoms. The van der Waals surface area contributed by atoms with Crippen LogP contribution in [0.25, 0.3) is 0 Å². The van der Waals surface area contributed by atoms with E-state index in [4.69, 9.17) is 5.11 Å². The zero-order valence-electron chi connectivity index (χ0n) is 7.03. The van der Waals surface area contributed by atoms with Gasteiger partial charge < -0.3 is 9.90 Å². The lowest BCUT2D eigenvalue weighted by molar-refractivity contribution is -0.109. The molecule has 1 rings (SSSR count). The Morgan fingerprint density at radius 1 is 1.58 bits per heavy atom. The fourth-order valence-electron chi connectivity index (χ4n) is 1.13. The Morgan fingerprint density at radius 3 is 2.83 bits per heavy atom. The van der Waals surface area contributed by atoms with Crippen LogP contribution in [0.3, 0.4) is 0 Å². The van der Waals surface area contributed by atoms with E-state index >= 15 is 0 Å². The molecule has 1 aromatic rings. The molecule has 2 nitrogen and oxygen atoms in total. The van der Waals surface area contributed by atoms with Gasteiger partial charge in [0, 0.05) is 0 Å². The van der Waals surface area contributed by atoms with E-state index in [9.17, 15) is 4.79 Å². The Kier molecular flexibility index (Phi) is 3.00. The van der Waals surface area contributed by atoms with Crippen molar-refractivity contribution in [2.75, 3.05) is 6.61 Å². The van der Waals surface area contributed by atoms with Gasteiger partial charge in [-0.05, 0) is 12.5 Å². The van der Waals surface area contributed by atoms with Gasteiger partial charge >= 0.3 is 0 Å². The Labute approximate surface area is 71.8 Å². The lowest BCUT2D eigenvalue weighted by atomic mass is 10.00. The van der Waals surface area contributed by atoms with Gasteiger partial charge in [0.1, 0.15) is 6.29 Å². The molecule has 0 aliphatic heterocycles. The Hall–Kier alpha value is -1.15. The molecule has 0 aromatic heterocycles. The zero-order valence-corrected chi connectivity index (χ0v) is 7.03. The molecule has 64 valence electrons. The average Bonchev–Trinajstić information content (AvgIpc) is 2.07. The van der Waals surface area contributed by atoms with Crippen LogP contribution in [0.5, 0.6) is 0 Å². The average molecular weight is 164 g/mol. The van der Waals surface area contributed by atoms with E-state index in [1.807, 2.05) is 31.2 Å². The molecule has 0 spiro atoms. The molecule has 12 heavy (non-hydrogen) atoms. The molecule has 0 aliphatic carbocycles. The number of aliphatic hydroxyl groups excluding tert-OH is 1. The van der Waals surface area contributed by atoms with Crippen molar-refractivity contribution >= 4 is 6.29 Å². The minimum atomic E-state index is -0.370. The summed E-state index contributed by atoms with van der Waals surface area (Å²) in [6, 6.07) is 7.61. The van der Waals surface area contributed by atoms with Crippen LogP contribution in [-0.4, -0.2) is 18.0 Å². The van der Waals surface area contributed by atoms with E-state index in [1.165, 1.54) is 0 Å². The number of aldehydes is 1. The summed E-state index contributed by atoms with van der Waals surface area (Å²) in [5.74, 6) is -0.370. The molecule has 1 N–H and O–H groups in total. The first kappa shape index (κ1) is 8.94. The van der Waals surface area contributed by atoms with Crippen LogP contribution in [0.1, 0.15) is 17.0 Å². The SMILES string of the molecule is Cc1cccc([C@@H](C=O)CO)c1. The van der Waals surface area contributed by atoms with E-state index in [0.717, 1.165) is 17.4 Å². The maximum absolute atomic E-state index is 10.5. The molecule has 2 heteroatoms. The molecule has 1 aromatic carbocycles. The second-order valence-electron chi connectivity index (χ2n) is 2.84. The maximum atomic E-state index is 10.5. The minimum absolute atomic E-state index is 0.118. The largest absolute Gasteiger partial charge is 0.395 e. The topological polar surface area (TPSA) is 37.3 Å². The van der Waals surface area contributed by atoms with Crippen molar-refractivity contribution < 1.29 is 9.90 Å². The molecule has 0 heterocycles. The summed E-state index contributed by atoms with van der Waals surface area (Å²) in [7, 11) is 0. The van der Waals surface area contributed by atoms with Crippen LogP contribution >= 0.6 is 0 Å². The van der Waals surface area contributed by atoms with Gasteiger partial charge in [-0.1, -0.05) is 29.8 Å². The Morgan fingerprint density at radius 2 is 2.33 bits per heavy atom. The van der Waals surface area contributed by atoms with Crippen LogP contribution < -0.4 is 0 Å². The van der Waals surface area contributed by atoms with Gasteiger partial charge in [-0.15, -0.1) is 0 Å². The quantitative estimate of drug-likeness (QED) is 0.683. The van der Waals surface area contributed by atoms with Crippen LogP contribution in [-0.2, 0) is 4.79 Å². The van der Waals surface area contributed by atoms with Crippen molar-refractivity contribution in [3.63, 3.8) is 0 Å². The highest BCUT2D eigenvalue weighted by Gasteiger charge is 2.07. The first-order chi connectivity index (χ1) is 5.77. The lowest BCUT2D eigenvalue weighted by Crippen LogP contribution is -2.05. The summed E-state index contributed by atoms with van der Waals surface area (Å²) >= 11 is 0. The predicted molar refractivity (Wildman–Crippen MR) is 47.1 cm³/mol. The van der Waals surface area contributed by atoms with E-state index in [2.05, 4.69) is 0 Å². The fourth-order valence-corrected chi connectivity index (χ4v) is 1.13. The third-order valence-corrected chi connectivity index (χ3v) is 1.83. The second kappa shape index (κ2) is 4.02. The van der Waals surface area contributed by atoms with Crippen LogP contribution in [0, 0.1) is 6.92 Å². The summed E-state index contributed by atoms with van der Waals surface area (Å²) < 4.78 is 0. The van der Waals surface area contributed by atoms with Gasteiger partial charge in [-0.3, -0.25) is 0 Å². The third kappa shape index (κ3) is 1.92. The van der Waals surface area contributed by atoms with Gasteiger partial charge in [0.2, 0.25) is 0 Å². The normalized spacial score (nSPS) is 12.5. The van der Waals surface area contributed by atoms with Crippen molar-refractivity contribution in [1.29, 1.82) is 0 Å². The molecule has 0 radical (unpaired) electrons. The second-order valence-corrected chi connectivity index (χ2v) is 2.84. The number of rotatable bonds is 3. The number of carbonyl (C=O) groups is 1. The molecule has 0 amide bonds. The Bertz CT molecular complexity index is 268. The van der Waals surface area contributed by atoms with Crippen LogP contribution in [0.15, 0.2) is 24.3 Å². The summed E-state index contributed by atoms with van der Waals surface area (Å²) in [5.41, 5.74) is 1.99. The monoisotopic (exact) mass is 164 g/mol. The number of aliphatic hydroxyl groups is 1. The Balaban J connectivity index is 2.93. The lowest BCUT2D eigenvalue weighted by Gasteiger charge is -2.06. The van der Waals surface area contributed by atoms with Crippen molar-refractivity contribution in [2.24, 2.45) is 0 Å². The van der Waals surface area contributed by atoms with E-state index in [-0.39, 0.29) is 12.5 Å². The summed E-state index contributed by atoms with van der Waals surface area (Å²) in [6.45, 7) is 1.84. The van der Waals surface area contributed by atoms with Gasteiger partial charge in [0.25, 0.3) is 0 Å². The number of aryl methyl sites for hydroxylation is 1. The van der Waals surface area contributed by atoms with Gasteiger partial charge in [0.05, 0.1) is 12.5 Å². The molecule has 0 fully saturated rings. The standard InChI is InChI=1S/C10H12O2/c1-8-3-2-4-9(5-8)10(6-11)7-12/h2-6,10,12H,7H2,1H3/t10-/m0/s1. The molecule has 0 unspecified atom stereocenters. The summed E-state index contributed by atoms with van der Waals surface area (Å²) in [5, 5.41) is 8.84. The number of benzene rings is 1. The summed E-state index contributed by atoms with van der Waals surface area (Å²) in [6.07, 6.45) is 0.773. The highest BCUT2D eigenvalue weighted by molar-refractivity contribution is 5.62. The van der Waals surface area contributed by atoms with E-state index in [0.29, 0.717) is 0 Å². The van der Waals surface area contributed by atoms with Crippen molar-refractivity contribution in [3.05, 3.63) is 35.4 Å². The van der Waals surface area contributed by atoms with Gasteiger partial charge in [0.15, 0.2) is 0 Å². The number of hydrogen-bond acceptors (Lipinski definition) is 2. The predicted octanol–water partition coefficient (Wildman–Crippen LogP) is 1.27. The first-order valence-corrected chi connectivity index (χ1v) is 3.90. The third-order valence-electron chi connectivity index (χ3n) is 1.83. The molecule has 0 saturated carbocycles. The minimum Gasteiger partial charge on any atom is -0.395 e. The van der Waals surface area contributed by atoms with Gasteiger partial charge in [-0.25, -0.2) is 0 Å². The van der Waals surface area contributed by atoms with Crippen LogP contribution in [0.4, 0.5) is 0 Å². The van der Waals surface area contributed by atoms with E-state index < -0.39 is 0 Å². The molecule has 0 aliphatic rings. The summed E-state index contributed by atoms with van der Waals surface area (Å²) in [4.78, 5) is 10.5. The molecular weight excluding hydrogens is 152 g/mol. The zero-order chi connectivity index (χ0) is 8.97. The molecule has 1 atom stereocenters. The van der Waals surface area contributed by atoms with Crippen molar-refractivity contribution in [3.8, 4) is 0 Å². The highest BCUT2D eigenvalue weighted by atomic mass is 16.3. The van der Waals surface area contributed by atoms with Crippen molar-refractivity contribution in [2.45, 2.75) is 12.8 Å². The molecule has 0 saturated heterocycles. The highest BCUT2D eigenvalue weighted by Crippen LogP contribution is 2.13. The van der Waals surface area contributed by atoms with E-state index in [1.54, 1.807) is 0 Å². The van der Waals surface area contributed by atoms with Crippen LogP contribution in [0.2, 0.25) is 0 Å². The number of carbonyl (C=O) groups excluding carboxylic acids is 1. The molecular formula is C10H12O2. The maximum Gasteiger partial charge on any atom is 0.129 e. The van der Waals surface area contributed by atoms with Crippen molar-refractivity contribution in [1.82, 2.24) is 0 Å². The first-order valence-electron chi connectivity index (χ1n) is 3.90. The fraction of sp³-hybridized carbons (Fsp3) is 0.300. The van der Waals surface area contributed by atoms with Gasteiger partial charge in [-0.2, -0.15) is 0 Å².